The molecule has 2 aromatic carbocycles. The van der Waals surface area contributed by atoms with Crippen LogP contribution < -0.4 is 10.6 Å². The van der Waals surface area contributed by atoms with E-state index in [1.807, 2.05) is 36.4 Å². The number of nitrogens with one attached hydrogen (secondary N) is 2. The lowest BCUT2D eigenvalue weighted by molar-refractivity contribution is 0.101. The first-order valence-corrected chi connectivity index (χ1v) is 8.17. The lowest BCUT2D eigenvalue weighted by Crippen LogP contribution is -2.04. The Hall–Kier alpha value is -2.92. The predicted molar refractivity (Wildman–Crippen MR) is 101 cm³/mol. The number of nitrogens with zero attached hydrogens (tertiary/aromatic N) is 2. The lowest BCUT2D eigenvalue weighted by Gasteiger charge is -2.09. The van der Waals surface area contributed by atoms with Crippen molar-refractivity contribution < 1.29 is 4.79 Å². The second kappa shape index (κ2) is 7.77. The summed E-state index contributed by atoms with van der Waals surface area (Å²) in [5, 5.41) is 7.07. The molecule has 0 radical (unpaired) electrons. The molecule has 0 aliphatic carbocycles. The van der Waals surface area contributed by atoms with Gasteiger partial charge in [-0.3, -0.25) is 4.79 Å². The third-order valence-electron chi connectivity index (χ3n) is 3.57. The van der Waals surface area contributed by atoms with Gasteiger partial charge in [0.2, 0.25) is 5.95 Å². The maximum Gasteiger partial charge on any atom is 0.229 e. The fourth-order valence-corrected chi connectivity index (χ4v) is 2.38. The number of carbonyl (C=O) groups excluding carboxylic acids is 1. The lowest BCUT2D eigenvalue weighted by atomic mass is 10.1. The van der Waals surface area contributed by atoms with Crippen LogP contribution in [0.4, 0.5) is 17.5 Å². The summed E-state index contributed by atoms with van der Waals surface area (Å²) in [6.45, 7) is 2.17. The zero-order valence-electron chi connectivity index (χ0n) is 13.7. The van der Waals surface area contributed by atoms with E-state index in [0.717, 1.165) is 11.3 Å². The minimum absolute atomic E-state index is 0.0166. The largest absolute Gasteiger partial charge is 0.366 e. The number of rotatable bonds is 6. The molecule has 3 rings (SSSR count). The molecular formula is C19H17ClN4O. The maximum atomic E-state index is 11.5. The van der Waals surface area contributed by atoms with Gasteiger partial charge in [0.05, 0.1) is 0 Å². The third kappa shape index (κ3) is 4.78. The molecule has 3 aromatic rings. The average Bonchev–Trinajstić information content (AvgIpc) is 2.62. The molecule has 5 nitrogen and oxygen atoms in total. The SMILES string of the molecule is CC(=O)c1cccc(Nc2nccc(NCc3ccc(Cl)cc3)n2)c1. The van der Waals surface area contributed by atoms with Crippen LogP contribution in [0.3, 0.4) is 0 Å². The van der Waals surface area contributed by atoms with Crippen LogP contribution in [0.25, 0.3) is 0 Å². The van der Waals surface area contributed by atoms with Gasteiger partial charge >= 0.3 is 0 Å². The molecule has 126 valence electrons. The molecule has 0 bridgehead atoms. The zero-order chi connectivity index (χ0) is 17.6. The Morgan fingerprint density at radius 2 is 1.92 bits per heavy atom. The van der Waals surface area contributed by atoms with E-state index >= 15 is 0 Å². The molecular weight excluding hydrogens is 336 g/mol. The highest BCUT2D eigenvalue weighted by Crippen LogP contribution is 2.17. The van der Waals surface area contributed by atoms with Gasteiger partial charge < -0.3 is 10.6 Å². The monoisotopic (exact) mass is 352 g/mol. The molecule has 0 saturated carbocycles. The summed E-state index contributed by atoms with van der Waals surface area (Å²) < 4.78 is 0. The summed E-state index contributed by atoms with van der Waals surface area (Å²) in [5.41, 5.74) is 2.51. The van der Waals surface area contributed by atoms with E-state index in [4.69, 9.17) is 11.6 Å². The summed E-state index contributed by atoms with van der Waals surface area (Å²) >= 11 is 5.89. The number of carbonyl (C=O) groups is 1. The van der Waals surface area contributed by atoms with Crippen molar-refractivity contribution in [3.8, 4) is 0 Å². The zero-order valence-corrected chi connectivity index (χ0v) is 14.4. The minimum Gasteiger partial charge on any atom is -0.366 e. The molecule has 25 heavy (non-hydrogen) atoms. The number of halogens is 1. The van der Waals surface area contributed by atoms with Crippen molar-refractivity contribution in [1.82, 2.24) is 9.97 Å². The predicted octanol–water partition coefficient (Wildman–Crippen LogP) is 4.69. The molecule has 0 amide bonds. The molecule has 0 fully saturated rings. The second-order valence-corrected chi connectivity index (χ2v) is 5.94. The molecule has 0 atom stereocenters. The van der Waals surface area contributed by atoms with E-state index in [-0.39, 0.29) is 5.78 Å². The summed E-state index contributed by atoms with van der Waals surface area (Å²) in [4.78, 5) is 20.1. The first-order chi connectivity index (χ1) is 12.1. The molecule has 0 aliphatic rings. The summed E-state index contributed by atoms with van der Waals surface area (Å²) in [6, 6.07) is 16.7. The van der Waals surface area contributed by atoms with Gasteiger partial charge in [-0.2, -0.15) is 4.98 Å². The molecule has 1 aromatic heterocycles. The highest BCUT2D eigenvalue weighted by atomic mass is 35.5. The number of anilines is 3. The van der Waals surface area contributed by atoms with Crippen LogP contribution in [0.15, 0.2) is 60.8 Å². The number of aromatic nitrogens is 2. The molecule has 0 unspecified atom stereocenters. The summed E-state index contributed by atoms with van der Waals surface area (Å²) in [7, 11) is 0. The molecule has 0 saturated heterocycles. The standard InChI is InChI=1S/C19H17ClN4O/c1-13(25)15-3-2-4-17(11-15)23-19-21-10-9-18(24-19)22-12-14-5-7-16(20)8-6-14/h2-11H,12H2,1H3,(H2,21,22,23,24). The van der Waals surface area contributed by atoms with Gasteiger partial charge in [-0.05, 0) is 42.8 Å². The molecule has 0 aliphatic heterocycles. The van der Waals surface area contributed by atoms with Crippen molar-refractivity contribution in [3.63, 3.8) is 0 Å². The average molecular weight is 353 g/mol. The van der Waals surface area contributed by atoms with Crippen molar-refractivity contribution in [3.05, 3.63) is 76.9 Å². The highest BCUT2D eigenvalue weighted by molar-refractivity contribution is 6.30. The number of hydrogen-bond donors (Lipinski definition) is 2. The van der Waals surface area contributed by atoms with Crippen LogP contribution in [-0.4, -0.2) is 15.8 Å². The van der Waals surface area contributed by atoms with Crippen molar-refractivity contribution in [2.24, 2.45) is 0 Å². The van der Waals surface area contributed by atoms with E-state index in [1.54, 1.807) is 24.4 Å². The van der Waals surface area contributed by atoms with Crippen LogP contribution >= 0.6 is 11.6 Å². The van der Waals surface area contributed by atoms with Gasteiger partial charge in [0.25, 0.3) is 0 Å². The Bertz CT molecular complexity index is 881. The van der Waals surface area contributed by atoms with Crippen molar-refractivity contribution in [1.29, 1.82) is 0 Å². The van der Waals surface area contributed by atoms with E-state index in [9.17, 15) is 4.79 Å². The third-order valence-corrected chi connectivity index (χ3v) is 3.82. The number of hydrogen-bond acceptors (Lipinski definition) is 5. The molecule has 0 spiro atoms. The summed E-state index contributed by atoms with van der Waals surface area (Å²) in [6.07, 6.45) is 1.67. The molecule has 2 N–H and O–H groups in total. The minimum atomic E-state index is 0.0166. The number of benzene rings is 2. The smallest absolute Gasteiger partial charge is 0.229 e. The van der Waals surface area contributed by atoms with Gasteiger partial charge in [0, 0.05) is 29.0 Å². The van der Waals surface area contributed by atoms with Gasteiger partial charge in [-0.25, -0.2) is 4.98 Å². The van der Waals surface area contributed by atoms with Crippen molar-refractivity contribution >= 4 is 34.8 Å². The fraction of sp³-hybridized carbons (Fsp3) is 0.105. The van der Waals surface area contributed by atoms with E-state index in [1.165, 1.54) is 6.92 Å². The molecule has 6 heteroatoms. The maximum absolute atomic E-state index is 11.5. The fourth-order valence-electron chi connectivity index (χ4n) is 2.26. The first kappa shape index (κ1) is 16.9. The van der Waals surface area contributed by atoms with Crippen LogP contribution in [0, 0.1) is 0 Å². The van der Waals surface area contributed by atoms with Gasteiger partial charge in [-0.15, -0.1) is 0 Å². The Kier molecular flexibility index (Phi) is 5.26. The van der Waals surface area contributed by atoms with E-state index < -0.39 is 0 Å². The first-order valence-electron chi connectivity index (χ1n) is 7.79. The Labute approximate surface area is 151 Å². The Balaban J connectivity index is 1.68. The molecule has 1 heterocycles. The quantitative estimate of drug-likeness (QED) is 0.630. The number of Topliss-reactive ketones (excluding diaryl/α,β-unsaturated/α-hetero) is 1. The number of ketones is 1. The van der Waals surface area contributed by atoms with Gasteiger partial charge in [0.15, 0.2) is 5.78 Å². The normalized spacial score (nSPS) is 10.3. The van der Waals surface area contributed by atoms with Crippen molar-refractivity contribution in [2.45, 2.75) is 13.5 Å². The van der Waals surface area contributed by atoms with Crippen LogP contribution in [0.1, 0.15) is 22.8 Å². The van der Waals surface area contributed by atoms with Gasteiger partial charge in [0.1, 0.15) is 5.82 Å². The van der Waals surface area contributed by atoms with Crippen LogP contribution in [0.5, 0.6) is 0 Å². The van der Waals surface area contributed by atoms with E-state index in [0.29, 0.717) is 28.9 Å². The Morgan fingerprint density at radius 1 is 1.12 bits per heavy atom. The van der Waals surface area contributed by atoms with Gasteiger partial charge in [-0.1, -0.05) is 35.9 Å². The Morgan fingerprint density at radius 3 is 2.68 bits per heavy atom. The highest BCUT2D eigenvalue weighted by Gasteiger charge is 2.03. The van der Waals surface area contributed by atoms with Crippen LogP contribution in [0.2, 0.25) is 5.02 Å². The summed E-state index contributed by atoms with van der Waals surface area (Å²) in [5.74, 6) is 1.18. The second-order valence-electron chi connectivity index (χ2n) is 5.51. The van der Waals surface area contributed by atoms with Crippen molar-refractivity contribution in [2.75, 3.05) is 10.6 Å². The topological polar surface area (TPSA) is 66.9 Å². The van der Waals surface area contributed by atoms with Crippen LogP contribution in [-0.2, 0) is 6.54 Å². The van der Waals surface area contributed by atoms with E-state index in [2.05, 4.69) is 20.6 Å².